The van der Waals surface area contributed by atoms with Gasteiger partial charge in [0.1, 0.15) is 0 Å². The quantitative estimate of drug-likeness (QED) is 0.928. The molecule has 0 saturated carbocycles. The van der Waals surface area contributed by atoms with Gasteiger partial charge in [0, 0.05) is 51.6 Å². The largest absolute Gasteiger partial charge is 0.381 e. The molecule has 0 atom stereocenters. The zero-order chi connectivity index (χ0) is 15.2. The average molecular weight is 303 g/mol. The van der Waals surface area contributed by atoms with Crippen molar-refractivity contribution in [3.8, 4) is 0 Å². The molecule has 0 unspecified atom stereocenters. The van der Waals surface area contributed by atoms with Gasteiger partial charge in [-0.2, -0.15) is 0 Å². The number of hydrogen-bond donors (Lipinski definition) is 1. The van der Waals surface area contributed by atoms with Crippen LogP contribution in [0.15, 0.2) is 30.3 Å². The van der Waals surface area contributed by atoms with E-state index in [9.17, 15) is 4.79 Å². The van der Waals surface area contributed by atoms with Crippen molar-refractivity contribution in [3.05, 3.63) is 30.3 Å². The summed E-state index contributed by atoms with van der Waals surface area (Å²) in [5.74, 6) is 0.573. The molecule has 2 amide bonds. The Morgan fingerprint density at radius 2 is 1.77 bits per heavy atom. The molecule has 0 aromatic heterocycles. The van der Waals surface area contributed by atoms with E-state index in [0.29, 0.717) is 5.92 Å². The summed E-state index contributed by atoms with van der Waals surface area (Å²) in [4.78, 5) is 16.5. The number of piperazine rings is 1. The summed E-state index contributed by atoms with van der Waals surface area (Å²) < 4.78 is 5.35. The first kappa shape index (κ1) is 15.2. The molecule has 5 heteroatoms. The SMILES string of the molecule is O=C(NCC1CCOCC1)N1CCN(c2ccccc2)CC1. The fourth-order valence-electron chi connectivity index (χ4n) is 3.10. The van der Waals surface area contributed by atoms with Gasteiger partial charge < -0.3 is 19.9 Å². The highest BCUT2D eigenvalue weighted by molar-refractivity contribution is 5.74. The van der Waals surface area contributed by atoms with Crippen molar-refractivity contribution in [1.82, 2.24) is 10.2 Å². The number of anilines is 1. The van der Waals surface area contributed by atoms with Gasteiger partial charge in [-0.25, -0.2) is 4.79 Å². The van der Waals surface area contributed by atoms with Crippen molar-refractivity contribution in [2.45, 2.75) is 12.8 Å². The highest BCUT2D eigenvalue weighted by Gasteiger charge is 2.22. The Morgan fingerprint density at radius 3 is 2.45 bits per heavy atom. The smallest absolute Gasteiger partial charge is 0.317 e. The second-order valence-electron chi connectivity index (χ2n) is 6.05. The van der Waals surface area contributed by atoms with Gasteiger partial charge in [0.25, 0.3) is 0 Å². The molecular formula is C17H25N3O2. The summed E-state index contributed by atoms with van der Waals surface area (Å²) in [5.41, 5.74) is 1.24. The first-order valence-corrected chi connectivity index (χ1v) is 8.23. The maximum Gasteiger partial charge on any atom is 0.317 e. The summed E-state index contributed by atoms with van der Waals surface area (Å²) in [5, 5.41) is 3.09. The average Bonchev–Trinajstić information content (AvgIpc) is 2.61. The number of carbonyl (C=O) groups is 1. The molecule has 2 saturated heterocycles. The third-order valence-corrected chi connectivity index (χ3v) is 4.57. The highest BCUT2D eigenvalue weighted by Crippen LogP contribution is 2.16. The fraction of sp³-hybridized carbons (Fsp3) is 0.588. The summed E-state index contributed by atoms with van der Waals surface area (Å²) in [6.07, 6.45) is 2.12. The number of rotatable bonds is 3. The number of ether oxygens (including phenoxy) is 1. The Morgan fingerprint density at radius 1 is 1.09 bits per heavy atom. The molecule has 0 radical (unpaired) electrons. The van der Waals surface area contributed by atoms with E-state index in [1.807, 2.05) is 11.0 Å². The number of nitrogens with one attached hydrogen (secondary N) is 1. The maximum absolute atomic E-state index is 12.2. The third kappa shape index (κ3) is 3.91. The second kappa shape index (κ2) is 7.49. The summed E-state index contributed by atoms with van der Waals surface area (Å²) in [6.45, 7) is 5.81. The lowest BCUT2D eigenvalue weighted by molar-refractivity contribution is 0.0663. The van der Waals surface area contributed by atoms with E-state index in [0.717, 1.165) is 58.8 Å². The first-order valence-electron chi connectivity index (χ1n) is 8.23. The van der Waals surface area contributed by atoms with E-state index in [-0.39, 0.29) is 6.03 Å². The Labute approximate surface area is 132 Å². The third-order valence-electron chi connectivity index (χ3n) is 4.57. The lowest BCUT2D eigenvalue weighted by Gasteiger charge is -2.36. The predicted octanol–water partition coefficient (Wildman–Crippen LogP) is 1.94. The van der Waals surface area contributed by atoms with E-state index in [2.05, 4.69) is 34.5 Å². The van der Waals surface area contributed by atoms with E-state index < -0.39 is 0 Å². The normalized spacial score (nSPS) is 20.0. The number of hydrogen-bond acceptors (Lipinski definition) is 3. The second-order valence-corrected chi connectivity index (χ2v) is 6.05. The molecule has 0 bridgehead atoms. The summed E-state index contributed by atoms with van der Waals surface area (Å²) >= 11 is 0. The molecule has 1 aromatic carbocycles. The monoisotopic (exact) mass is 303 g/mol. The van der Waals surface area contributed by atoms with Crippen LogP contribution >= 0.6 is 0 Å². The Hall–Kier alpha value is -1.75. The van der Waals surface area contributed by atoms with Crippen LogP contribution in [0.3, 0.4) is 0 Å². The zero-order valence-electron chi connectivity index (χ0n) is 13.0. The van der Waals surface area contributed by atoms with Crippen LogP contribution in [-0.2, 0) is 4.74 Å². The predicted molar refractivity (Wildman–Crippen MR) is 87.2 cm³/mol. The zero-order valence-corrected chi connectivity index (χ0v) is 13.0. The molecule has 2 aliphatic heterocycles. The van der Waals surface area contributed by atoms with Gasteiger partial charge in [0.15, 0.2) is 0 Å². The van der Waals surface area contributed by atoms with E-state index in [4.69, 9.17) is 4.74 Å². The van der Waals surface area contributed by atoms with Crippen molar-refractivity contribution in [3.63, 3.8) is 0 Å². The fourth-order valence-corrected chi connectivity index (χ4v) is 3.10. The Bertz CT molecular complexity index is 466. The lowest BCUT2D eigenvalue weighted by Crippen LogP contribution is -2.52. The van der Waals surface area contributed by atoms with Gasteiger partial charge in [0.2, 0.25) is 0 Å². The number of carbonyl (C=O) groups excluding carboxylic acids is 1. The van der Waals surface area contributed by atoms with Crippen LogP contribution in [-0.4, -0.2) is 56.9 Å². The van der Waals surface area contributed by atoms with E-state index in [1.165, 1.54) is 5.69 Å². The minimum atomic E-state index is 0.0826. The minimum Gasteiger partial charge on any atom is -0.381 e. The molecule has 5 nitrogen and oxygen atoms in total. The first-order chi connectivity index (χ1) is 10.8. The van der Waals surface area contributed by atoms with Crippen molar-refractivity contribution in [1.29, 1.82) is 0 Å². The standard InChI is InChI=1S/C17H25N3O2/c21-17(18-14-15-6-12-22-13-7-15)20-10-8-19(9-11-20)16-4-2-1-3-5-16/h1-5,15H,6-14H2,(H,18,21). The van der Waals surface area contributed by atoms with Gasteiger partial charge >= 0.3 is 6.03 Å². The molecular weight excluding hydrogens is 278 g/mol. The topological polar surface area (TPSA) is 44.8 Å². The molecule has 120 valence electrons. The van der Waals surface area contributed by atoms with Crippen LogP contribution in [0, 0.1) is 5.92 Å². The van der Waals surface area contributed by atoms with Crippen LogP contribution in [0.25, 0.3) is 0 Å². The molecule has 3 rings (SSSR count). The molecule has 0 spiro atoms. The van der Waals surface area contributed by atoms with Gasteiger partial charge in [-0.15, -0.1) is 0 Å². The number of para-hydroxylation sites is 1. The highest BCUT2D eigenvalue weighted by atomic mass is 16.5. The molecule has 1 N–H and O–H groups in total. The lowest BCUT2D eigenvalue weighted by atomic mass is 10.0. The summed E-state index contributed by atoms with van der Waals surface area (Å²) in [7, 11) is 0. The van der Waals surface area contributed by atoms with Crippen molar-refractivity contribution >= 4 is 11.7 Å². The Kier molecular flexibility index (Phi) is 5.16. The van der Waals surface area contributed by atoms with Gasteiger partial charge in [-0.3, -0.25) is 0 Å². The van der Waals surface area contributed by atoms with Crippen LogP contribution in [0.5, 0.6) is 0 Å². The molecule has 2 fully saturated rings. The van der Waals surface area contributed by atoms with Crippen LogP contribution in [0.2, 0.25) is 0 Å². The van der Waals surface area contributed by atoms with Crippen molar-refractivity contribution in [2.75, 3.05) is 50.8 Å². The Balaban J connectivity index is 1.41. The number of urea groups is 1. The van der Waals surface area contributed by atoms with Crippen LogP contribution < -0.4 is 10.2 Å². The number of benzene rings is 1. The number of amides is 2. The van der Waals surface area contributed by atoms with Crippen molar-refractivity contribution < 1.29 is 9.53 Å². The van der Waals surface area contributed by atoms with E-state index >= 15 is 0 Å². The van der Waals surface area contributed by atoms with Crippen molar-refractivity contribution in [2.24, 2.45) is 5.92 Å². The van der Waals surface area contributed by atoms with E-state index in [1.54, 1.807) is 0 Å². The van der Waals surface area contributed by atoms with Gasteiger partial charge in [-0.1, -0.05) is 18.2 Å². The van der Waals surface area contributed by atoms with Crippen LogP contribution in [0.4, 0.5) is 10.5 Å². The minimum absolute atomic E-state index is 0.0826. The molecule has 1 aromatic rings. The maximum atomic E-state index is 12.2. The van der Waals surface area contributed by atoms with Gasteiger partial charge in [0.05, 0.1) is 0 Å². The molecule has 0 aliphatic carbocycles. The van der Waals surface area contributed by atoms with Crippen LogP contribution in [0.1, 0.15) is 12.8 Å². The molecule has 2 aliphatic rings. The molecule has 22 heavy (non-hydrogen) atoms. The van der Waals surface area contributed by atoms with Gasteiger partial charge in [-0.05, 0) is 30.9 Å². The summed E-state index contributed by atoms with van der Waals surface area (Å²) in [6, 6.07) is 10.5. The molecule has 2 heterocycles. The number of nitrogens with zero attached hydrogens (tertiary/aromatic N) is 2.